The lowest BCUT2D eigenvalue weighted by Crippen LogP contribution is -2.40. The van der Waals surface area contributed by atoms with E-state index in [0.717, 1.165) is 5.39 Å². The predicted molar refractivity (Wildman–Crippen MR) is 75.8 cm³/mol. The van der Waals surface area contributed by atoms with Crippen LogP contribution in [0.5, 0.6) is 0 Å². The summed E-state index contributed by atoms with van der Waals surface area (Å²) in [4.78, 5) is 5.86. The highest BCUT2D eigenvalue weighted by Crippen LogP contribution is 2.37. The maximum atomic E-state index is 14.4. The molecule has 2 heterocycles. The third-order valence-electron chi connectivity index (χ3n) is 3.57. The largest absolute Gasteiger partial charge is 0.367 e. The summed E-state index contributed by atoms with van der Waals surface area (Å²) in [6.45, 7) is 0.262. The molecule has 1 saturated heterocycles. The fourth-order valence-corrected chi connectivity index (χ4v) is 2.93. The molecule has 0 saturated carbocycles. The molecule has 0 aliphatic carbocycles. The van der Waals surface area contributed by atoms with Gasteiger partial charge in [0, 0.05) is 37.5 Å². The van der Waals surface area contributed by atoms with Gasteiger partial charge in [-0.1, -0.05) is 6.07 Å². The summed E-state index contributed by atoms with van der Waals surface area (Å²) in [5.41, 5.74) is 0.823. The number of halogens is 4. The van der Waals surface area contributed by atoms with Crippen molar-refractivity contribution in [1.82, 2.24) is 4.98 Å². The first-order valence-electron chi connectivity index (χ1n) is 6.33. The topological polar surface area (TPSA) is 16.1 Å². The van der Waals surface area contributed by atoms with E-state index >= 15 is 0 Å². The first-order chi connectivity index (χ1) is 9.48. The van der Waals surface area contributed by atoms with Gasteiger partial charge in [0.05, 0.1) is 9.99 Å². The van der Waals surface area contributed by atoms with Gasteiger partial charge < -0.3 is 4.90 Å². The van der Waals surface area contributed by atoms with Crippen molar-refractivity contribution in [1.29, 1.82) is 0 Å². The summed E-state index contributed by atoms with van der Waals surface area (Å²) in [6, 6.07) is 5.25. The monoisotopic (exact) mass is 344 g/mol. The third kappa shape index (κ3) is 2.37. The second-order valence-electron chi connectivity index (χ2n) is 4.94. The summed E-state index contributed by atoms with van der Waals surface area (Å²) in [5.74, 6) is -3.09. The van der Waals surface area contributed by atoms with Gasteiger partial charge in [-0.25, -0.2) is 13.2 Å². The van der Waals surface area contributed by atoms with E-state index in [9.17, 15) is 13.2 Å². The molecular weight excluding hydrogens is 333 g/mol. The molecule has 1 aliphatic heterocycles. The molecule has 20 heavy (non-hydrogen) atoms. The number of piperidine rings is 1. The molecule has 1 fully saturated rings. The zero-order valence-electron chi connectivity index (χ0n) is 10.5. The lowest BCUT2D eigenvalue weighted by atomic mass is 10.0. The Labute approximate surface area is 122 Å². The summed E-state index contributed by atoms with van der Waals surface area (Å²) < 4.78 is 41.2. The van der Waals surface area contributed by atoms with E-state index < -0.39 is 11.7 Å². The van der Waals surface area contributed by atoms with Crippen molar-refractivity contribution in [3.8, 4) is 0 Å². The van der Waals surface area contributed by atoms with Crippen LogP contribution in [0.1, 0.15) is 12.8 Å². The number of rotatable bonds is 1. The molecule has 0 amide bonds. The van der Waals surface area contributed by atoms with Crippen LogP contribution in [0.4, 0.5) is 18.9 Å². The smallest absolute Gasteiger partial charge is 0.251 e. The molecule has 1 aromatic heterocycles. The van der Waals surface area contributed by atoms with Gasteiger partial charge in [-0.3, -0.25) is 4.98 Å². The Balaban J connectivity index is 2.09. The predicted octanol–water partition coefficient (Wildman–Crippen LogP) is 4.37. The molecule has 3 rings (SSSR count). The average molecular weight is 345 g/mol. The number of aromatic nitrogens is 1. The Hall–Kier alpha value is -1.30. The second kappa shape index (κ2) is 4.91. The number of fused-ring (bicyclic) bond motifs is 1. The molecule has 0 spiro atoms. The van der Waals surface area contributed by atoms with Gasteiger partial charge in [-0.2, -0.15) is 0 Å². The molecule has 0 bridgehead atoms. The molecule has 1 aliphatic rings. The minimum atomic E-state index is -2.65. The van der Waals surface area contributed by atoms with Gasteiger partial charge >= 0.3 is 0 Å². The number of hydrogen-bond acceptors (Lipinski definition) is 2. The molecule has 0 unspecified atom stereocenters. The molecule has 0 N–H and O–H groups in total. The van der Waals surface area contributed by atoms with Crippen LogP contribution in [0, 0.1) is 5.82 Å². The molecule has 2 nitrogen and oxygen atoms in total. The number of pyridine rings is 1. The van der Waals surface area contributed by atoms with Crippen LogP contribution in [-0.4, -0.2) is 24.0 Å². The quantitative estimate of drug-likeness (QED) is 0.763. The van der Waals surface area contributed by atoms with Gasteiger partial charge in [-0.15, -0.1) is 0 Å². The van der Waals surface area contributed by atoms with Crippen molar-refractivity contribution in [2.75, 3.05) is 18.0 Å². The highest BCUT2D eigenvalue weighted by atomic mass is 79.9. The zero-order valence-corrected chi connectivity index (χ0v) is 12.1. The lowest BCUT2D eigenvalue weighted by Gasteiger charge is -2.34. The Morgan fingerprint density at radius 3 is 2.65 bits per heavy atom. The average Bonchev–Trinajstić information content (AvgIpc) is 2.41. The van der Waals surface area contributed by atoms with Crippen LogP contribution in [0.25, 0.3) is 10.9 Å². The van der Waals surface area contributed by atoms with Crippen LogP contribution in [-0.2, 0) is 0 Å². The van der Waals surface area contributed by atoms with E-state index in [1.54, 1.807) is 23.2 Å². The maximum Gasteiger partial charge on any atom is 0.251 e. The number of hydrogen-bond donors (Lipinski definition) is 0. The van der Waals surface area contributed by atoms with Crippen LogP contribution < -0.4 is 4.90 Å². The second-order valence-corrected chi connectivity index (χ2v) is 5.79. The van der Waals surface area contributed by atoms with Gasteiger partial charge in [0.1, 0.15) is 5.69 Å². The minimum absolute atomic E-state index is 0.131. The minimum Gasteiger partial charge on any atom is -0.367 e. The Morgan fingerprint density at radius 1 is 1.25 bits per heavy atom. The maximum absolute atomic E-state index is 14.4. The van der Waals surface area contributed by atoms with E-state index in [1.165, 1.54) is 0 Å². The molecule has 6 heteroatoms. The molecule has 0 radical (unpaired) electrons. The molecular formula is C14H12BrF3N2. The number of benzene rings is 1. The van der Waals surface area contributed by atoms with Crippen molar-refractivity contribution in [2.24, 2.45) is 0 Å². The van der Waals surface area contributed by atoms with Crippen molar-refractivity contribution in [2.45, 2.75) is 18.8 Å². The highest BCUT2D eigenvalue weighted by Gasteiger charge is 2.35. The van der Waals surface area contributed by atoms with Crippen LogP contribution in [0.3, 0.4) is 0 Å². The summed E-state index contributed by atoms with van der Waals surface area (Å²) in [7, 11) is 0. The van der Waals surface area contributed by atoms with Crippen LogP contribution >= 0.6 is 15.9 Å². The van der Waals surface area contributed by atoms with Gasteiger partial charge in [0.15, 0.2) is 5.82 Å². The van der Waals surface area contributed by atoms with Crippen molar-refractivity contribution < 1.29 is 13.2 Å². The normalized spacial score (nSPS) is 18.5. The third-order valence-corrected chi connectivity index (χ3v) is 4.15. The summed E-state index contributed by atoms with van der Waals surface area (Å²) in [5, 5.41) is 0.785. The Kier molecular flexibility index (Phi) is 3.36. The Bertz CT molecular complexity index is 650. The van der Waals surface area contributed by atoms with E-state index in [4.69, 9.17) is 0 Å². The van der Waals surface area contributed by atoms with Crippen molar-refractivity contribution in [3.63, 3.8) is 0 Å². The van der Waals surface area contributed by atoms with Crippen LogP contribution in [0.15, 0.2) is 28.9 Å². The number of anilines is 1. The highest BCUT2D eigenvalue weighted by molar-refractivity contribution is 9.10. The molecule has 0 atom stereocenters. The summed E-state index contributed by atoms with van der Waals surface area (Å²) >= 11 is 3.18. The molecule has 2 aromatic rings. The lowest BCUT2D eigenvalue weighted by molar-refractivity contribution is -0.0221. The fraction of sp³-hybridized carbons (Fsp3) is 0.357. The van der Waals surface area contributed by atoms with Gasteiger partial charge in [-0.05, 0) is 28.1 Å². The van der Waals surface area contributed by atoms with E-state index in [0.29, 0.717) is 15.7 Å². The number of nitrogens with zero attached hydrogens (tertiary/aromatic N) is 2. The van der Waals surface area contributed by atoms with Gasteiger partial charge in [0.2, 0.25) is 0 Å². The van der Waals surface area contributed by atoms with Crippen molar-refractivity contribution >= 4 is 32.5 Å². The zero-order chi connectivity index (χ0) is 14.3. The SMILES string of the molecule is Fc1c(Br)cc2cccnc2c1N1CCC(F)(F)CC1. The van der Waals surface area contributed by atoms with Gasteiger partial charge in [0.25, 0.3) is 5.92 Å². The number of alkyl halides is 2. The summed E-state index contributed by atoms with van der Waals surface area (Å²) in [6.07, 6.45) is 1.07. The van der Waals surface area contributed by atoms with Crippen molar-refractivity contribution in [3.05, 3.63) is 34.7 Å². The van der Waals surface area contributed by atoms with Crippen LogP contribution in [0.2, 0.25) is 0 Å². The first-order valence-corrected chi connectivity index (χ1v) is 7.13. The fourth-order valence-electron chi connectivity index (χ4n) is 2.50. The van der Waals surface area contributed by atoms with E-state index in [-0.39, 0.29) is 25.9 Å². The first kappa shape index (κ1) is 13.7. The Morgan fingerprint density at radius 2 is 1.95 bits per heavy atom. The standard InChI is InChI=1S/C14H12BrF3N2/c15-10-8-9-2-1-5-19-12(9)13(11(10)16)20-6-3-14(17,18)4-7-20/h1-2,5,8H,3-4,6-7H2. The molecule has 106 valence electrons. The van der Waals surface area contributed by atoms with E-state index in [2.05, 4.69) is 20.9 Å². The molecule has 1 aromatic carbocycles. The van der Waals surface area contributed by atoms with E-state index in [1.807, 2.05) is 6.07 Å².